The molecule has 1 aliphatic rings. The Morgan fingerprint density at radius 1 is 1.06 bits per heavy atom. The van der Waals surface area contributed by atoms with Crippen molar-refractivity contribution >= 4 is 44.9 Å². The summed E-state index contributed by atoms with van der Waals surface area (Å²) in [5.74, 6) is -3.12. The van der Waals surface area contributed by atoms with Crippen LogP contribution in [0.15, 0.2) is 64.9 Å². The minimum atomic E-state index is -4.12. The minimum Gasteiger partial charge on any atom is -0.480 e. The molecule has 1 aromatic heterocycles. The summed E-state index contributed by atoms with van der Waals surface area (Å²) in [6, 6.07) is 15.9. The van der Waals surface area contributed by atoms with Gasteiger partial charge in [0.25, 0.3) is 10.0 Å². The smallest absolute Gasteiger partial charge is 0.335 e. The number of aromatic carboxylic acids is 1. The lowest BCUT2D eigenvalue weighted by molar-refractivity contribution is -0.140. The van der Waals surface area contributed by atoms with Crippen molar-refractivity contribution in [3.63, 3.8) is 0 Å². The Morgan fingerprint density at radius 2 is 1.77 bits per heavy atom. The maximum atomic E-state index is 13.0. The van der Waals surface area contributed by atoms with Crippen molar-refractivity contribution in [3.8, 4) is 10.4 Å². The van der Waals surface area contributed by atoms with Gasteiger partial charge in [-0.1, -0.05) is 35.9 Å². The molecular weight excluding hydrogens is 462 g/mol. The molecule has 1 fully saturated rings. The van der Waals surface area contributed by atoms with Crippen molar-refractivity contribution in [2.75, 3.05) is 0 Å². The molecule has 1 aliphatic carbocycles. The second-order valence-corrected chi connectivity index (χ2v) is 10.6. The Bertz CT molecular complexity index is 1290. The van der Waals surface area contributed by atoms with Crippen LogP contribution in [0, 0.1) is 0 Å². The van der Waals surface area contributed by atoms with Gasteiger partial charge < -0.3 is 10.2 Å². The largest absolute Gasteiger partial charge is 0.480 e. The van der Waals surface area contributed by atoms with E-state index in [-0.39, 0.29) is 16.2 Å². The minimum absolute atomic E-state index is 0.0111. The van der Waals surface area contributed by atoms with Gasteiger partial charge in [0.15, 0.2) is 0 Å². The fourth-order valence-corrected chi connectivity index (χ4v) is 6.31. The average molecular weight is 478 g/mol. The Morgan fingerprint density at radius 3 is 2.42 bits per heavy atom. The number of benzene rings is 2. The van der Waals surface area contributed by atoms with Crippen LogP contribution in [0.5, 0.6) is 0 Å². The molecule has 1 heterocycles. The van der Waals surface area contributed by atoms with E-state index in [1.54, 1.807) is 36.4 Å². The summed E-state index contributed by atoms with van der Waals surface area (Å²) >= 11 is 6.90. The predicted octanol–water partition coefficient (Wildman–Crippen LogP) is 4.06. The maximum absolute atomic E-state index is 13.0. The number of hydrogen-bond acceptors (Lipinski definition) is 5. The second kappa shape index (κ2) is 7.76. The molecule has 0 spiro atoms. The molecule has 4 rings (SSSR count). The Hall–Kier alpha value is -2.72. The fraction of sp³-hybridized carbons (Fsp3) is 0.143. The number of nitrogens with one attached hydrogen (secondary N) is 1. The summed E-state index contributed by atoms with van der Waals surface area (Å²) in [7, 11) is -4.12. The lowest BCUT2D eigenvalue weighted by Crippen LogP contribution is -2.44. The highest BCUT2D eigenvalue weighted by molar-refractivity contribution is 7.91. The van der Waals surface area contributed by atoms with Gasteiger partial charge in [-0.05, 0) is 53.9 Å². The van der Waals surface area contributed by atoms with Crippen molar-refractivity contribution in [2.45, 2.75) is 22.1 Å². The van der Waals surface area contributed by atoms with Crippen LogP contribution in [0.4, 0.5) is 0 Å². The molecule has 7 nitrogen and oxygen atoms in total. The molecule has 0 aliphatic heterocycles. The quantitative estimate of drug-likeness (QED) is 0.472. The highest BCUT2D eigenvalue weighted by atomic mass is 35.5. The number of carbonyl (C=O) groups is 2. The normalized spacial score (nSPS) is 20.4. The van der Waals surface area contributed by atoms with Crippen LogP contribution in [-0.4, -0.2) is 36.1 Å². The number of hydrogen-bond donors (Lipinski definition) is 3. The van der Waals surface area contributed by atoms with Crippen LogP contribution in [0.25, 0.3) is 10.4 Å². The van der Waals surface area contributed by atoms with Crippen molar-refractivity contribution < 1.29 is 28.2 Å². The first kappa shape index (κ1) is 21.5. The number of thiophene rings is 1. The van der Waals surface area contributed by atoms with E-state index in [1.807, 2.05) is 0 Å². The molecule has 3 aromatic rings. The van der Waals surface area contributed by atoms with E-state index in [2.05, 4.69) is 4.72 Å². The summed E-state index contributed by atoms with van der Waals surface area (Å²) in [5, 5.41) is 19.5. The van der Waals surface area contributed by atoms with Crippen LogP contribution < -0.4 is 4.72 Å². The Balaban J connectivity index is 1.61. The molecule has 2 aromatic carbocycles. The fourth-order valence-electron chi connectivity index (χ4n) is 3.47. The molecule has 0 radical (unpaired) electrons. The van der Waals surface area contributed by atoms with Crippen LogP contribution in [0.2, 0.25) is 5.02 Å². The summed E-state index contributed by atoms with van der Waals surface area (Å²) in [5.41, 5.74) is -0.463. The SMILES string of the molecule is O=C(O)c1cccc(C2C[C@@]2(NS(=O)(=O)c2ccc(-c3ccc(Cl)cc3)s2)C(=O)O)c1. The first-order valence-electron chi connectivity index (χ1n) is 9.09. The highest BCUT2D eigenvalue weighted by Crippen LogP contribution is 2.52. The van der Waals surface area contributed by atoms with E-state index in [0.29, 0.717) is 15.5 Å². The van der Waals surface area contributed by atoms with Gasteiger partial charge in [-0.15, -0.1) is 11.3 Å². The van der Waals surface area contributed by atoms with Crippen LogP contribution in [0.1, 0.15) is 28.3 Å². The molecule has 1 unspecified atom stereocenters. The van der Waals surface area contributed by atoms with Crippen molar-refractivity contribution in [3.05, 3.63) is 76.8 Å². The van der Waals surface area contributed by atoms with Crippen LogP contribution in [-0.2, 0) is 14.8 Å². The molecular formula is C21H16ClNO6S2. The number of sulfonamides is 1. The van der Waals surface area contributed by atoms with Crippen molar-refractivity contribution in [2.24, 2.45) is 0 Å². The second-order valence-electron chi connectivity index (χ2n) is 7.19. The van der Waals surface area contributed by atoms with Gasteiger partial charge >= 0.3 is 11.9 Å². The summed E-state index contributed by atoms with van der Waals surface area (Å²) < 4.78 is 28.3. The third kappa shape index (κ3) is 4.09. The molecule has 10 heteroatoms. The zero-order valence-corrected chi connectivity index (χ0v) is 18.2. The molecule has 1 saturated carbocycles. The van der Waals surface area contributed by atoms with E-state index in [0.717, 1.165) is 16.9 Å². The lowest BCUT2D eigenvalue weighted by Gasteiger charge is -2.15. The van der Waals surface area contributed by atoms with Gasteiger partial charge in [-0.2, -0.15) is 4.72 Å². The number of halogens is 1. The third-order valence-electron chi connectivity index (χ3n) is 5.17. The van der Waals surface area contributed by atoms with Crippen LogP contribution in [0.3, 0.4) is 0 Å². The molecule has 0 saturated heterocycles. The Labute approximate surface area is 187 Å². The Kier molecular flexibility index (Phi) is 5.38. The van der Waals surface area contributed by atoms with Gasteiger partial charge in [-0.3, -0.25) is 4.79 Å². The third-order valence-corrected chi connectivity index (χ3v) is 8.56. The molecule has 0 amide bonds. The molecule has 0 bridgehead atoms. The maximum Gasteiger partial charge on any atom is 0.335 e. The first-order chi connectivity index (χ1) is 14.6. The monoisotopic (exact) mass is 477 g/mol. The van der Waals surface area contributed by atoms with Gasteiger partial charge in [0.1, 0.15) is 9.75 Å². The van der Waals surface area contributed by atoms with Crippen LogP contribution >= 0.6 is 22.9 Å². The average Bonchev–Trinajstić information content (AvgIpc) is 3.22. The van der Waals surface area contributed by atoms with E-state index < -0.39 is 33.4 Å². The number of carboxylic acid groups (broad SMARTS) is 2. The van der Waals surface area contributed by atoms with E-state index in [1.165, 1.54) is 24.3 Å². The van der Waals surface area contributed by atoms with E-state index in [9.17, 15) is 23.1 Å². The first-order valence-corrected chi connectivity index (χ1v) is 11.8. The van der Waals surface area contributed by atoms with Crippen molar-refractivity contribution in [1.29, 1.82) is 0 Å². The number of carboxylic acids is 2. The number of rotatable bonds is 7. The molecule has 2 atom stereocenters. The van der Waals surface area contributed by atoms with Gasteiger partial charge in [-0.25, -0.2) is 13.2 Å². The summed E-state index contributed by atoms with van der Waals surface area (Å²) in [6.07, 6.45) is 0.0278. The topological polar surface area (TPSA) is 121 Å². The van der Waals surface area contributed by atoms with E-state index >= 15 is 0 Å². The van der Waals surface area contributed by atoms with E-state index in [4.69, 9.17) is 16.7 Å². The zero-order valence-electron chi connectivity index (χ0n) is 15.8. The predicted molar refractivity (Wildman–Crippen MR) is 116 cm³/mol. The summed E-state index contributed by atoms with van der Waals surface area (Å²) in [6.45, 7) is 0. The van der Waals surface area contributed by atoms with Gasteiger partial charge in [0.2, 0.25) is 0 Å². The highest BCUT2D eigenvalue weighted by Gasteiger charge is 2.63. The molecule has 3 N–H and O–H groups in total. The number of aliphatic carboxylic acids is 1. The lowest BCUT2D eigenvalue weighted by atomic mass is 10.0. The molecule has 31 heavy (non-hydrogen) atoms. The zero-order chi connectivity index (χ0) is 22.4. The van der Waals surface area contributed by atoms with Gasteiger partial charge in [0, 0.05) is 15.8 Å². The molecule has 160 valence electrons. The summed E-state index contributed by atoms with van der Waals surface area (Å²) in [4.78, 5) is 23.9. The van der Waals surface area contributed by atoms with Gasteiger partial charge in [0.05, 0.1) is 5.56 Å². The van der Waals surface area contributed by atoms with Crippen molar-refractivity contribution in [1.82, 2.24) is 4.72 Å². The standard InChI is InChI=1S/C21H16ClNO6S2/c22-15-6-4-12(5-7-15)17-8-9-18(30-17)31(28,29)23-21(20(26)27)11-16(21)13-2-1-3-14(10-13)19(24)25/h1-10,16,23H,11H2,(H,24,25)(H,26,27)/t16?,21-/m0/s1.